The van der Waals surface area contributed by atoms with Crippen LogP contribution in [0.3, 0.4) is 0 Å². The Morgan fingerprint density at radius 2 is 1.67 bits per heavy atom. The van der Waals surface area contributed by atoms with Gasteiger partial charge in [0.15, 0.2) is 9.84 Å². The van der Waals surface area contributed by atoms with Crippen molar-refractivity contribution in [3.8, 4) is 5.75 Å². The molecule has 0 aromatic heterocycles. The minimum atomic E-state index is -3.04. The Hall–Kier alpha value is -1.58. The van der Waals surface area contributed by atoms with Gasteiger partial charge < -0.3 is 18.9 Å². The highest BCUT2D eigenvalue weighted by Gasteiger charge is 2.52. The third-order valence-electron chi connectivity index (χ3n) is 5.62. The van der Waals surface area contributed by atoms with Gasteiger partial charge in [0.1, 0.15) is 5.75 Å². The van der Waals surface area contributed by atoms with E-state index in [4.69, 9.17) is 14.0 Å². The van der Waals surface area contributed by atoms with Gasteiger partial charge in [-0.25, -0.2) is 8.42 Å². The Bertz CT molecular complexity index is 821. The van der Waals surface area contributed by atoms with Crippen molar-refractivity contribution in [2.75, 3.05) is 31.7 Å². The van der Waals surface area contributed by atoms with Crippen molar-refractivity contribution in [1.29, 1.82) is 0 Å². The number of carbonyl (C=O) groups excluding carboxylic acids is 1. The van der Waals surface area contributed by atoms with E-state index in [0.29, 0.717) is 16.8 Å². The fraction of sp³-hybridized carbons (Fsp3) is 0.611. The van der Waals surface area contributed by atoms with Crippen LogP contribution in [0, 0.1) is 0 Å². The van der Waals surface area contributed by atoms with Crippen LogP contribution in [-0.4, -0.2) is 69.3 Å². The van der Waals surface area contributed by atoms with E-state index >= 15 is 0 Å². The van der Waals surface area contributed by atoms with Crippen molar-refractivity contribution in [3.05, 3.63) is 23.8 Å². The second-order valence-electron chi connectivity index (χ2n) is 7.99. The monoisotopic (exact) mass is 395 g/mol. The van der Waals surface area contributed by atoms with Gasteiger partial charge >= 0.3 is 7.12 Å². The molecule has 2 aliphatic heterocycles. The molecule has 9 heteroatoms. The lowest BCUT2D eigenvalue weighted by Gasteiger charge is -2.32. The first kappa shape index (κ1) is 20.2. The molecule has 148 valence electrons. The lowest BCUT2D eigenvalue weighted by atomic mass is 9.77. The fourth-order valence-electron chi connectivity index (χ4n) is 3.12. The molecule has 0 radical (unpaired) electrons. The average Bonchev–Trinajstić information content (AvgIpc) is 2.81. The number of methoxy groups -OCH3 is 1. The number of rotatable bonds is 3. The average molecular weight is 395 g/mol. The molecule has 7 nitrogen and oxygen atoms in total. The van der Waals surface area contributed by atoms with Crippen LogP contribution in [-0.2, 0) is 19.1 Å². The van der Waals surface area contributed by atoms with Crippen molar-refractivity contribution in [1.82, 2.24) is 4.90 Å². The SMILES string of the molecule is COc1ccc(C(=O)N2CCS(=O)(=O)CC2)cc1B1OC(C)(C)C(C)(C)O1. The van der Waals surface area contributed by atoms with E-state index in [0.717, 1.165) is 0 Å². The largest absolute Gasteiger partial charge is 0.498 e. The Kier molecular flexibility index (Phi) is 5.07. The van der Waals surface area contributed by atoms with Crippen LogP contribution in [0.5, 0.6) is 5.75 Å². The Morgan fingerprint density at radius 3 is 2.19 bits per heavy atom. The van der Waals surface area contributed by atoms with Gasteiger partial charge in [0.05, 0.1) is 29.8 Å². The molecule has 0 atom stereocenters. The van der Waals surface area contributed by atoms with E-state index in [1.807, 2.05) is 27.7 Å². The van der Waals surface area contributed by atoms with Crippen molar-refractivity contribution >= 4 is 28.3 Å². The molecule has 0 saturated carbocycles. The molecule has 2 heterocycles. The third kappa shape index (κ3) is 3.86. The molecule has 1 aromatic rings. The van der Waals surface area contributed by atoms with Crippen LogP contribution in [0.4, 0.5) is 0 Å². The van der Waals surface area contributed by atoms with E-state index < -0.39 is 28.2 Å². The molecular weight excluding hydrogens is 369 g/mol. The summed E-state index contributed by atoms with van der Waals surface area (Å²) in [7, 11) is -2.14. The van der Waals surface area contributed by atoms with E-state index in [2.05, 4.69) is 0 Å². The second-order valence-corrected chi connectivity index (χ2v) is 10.3. The Morgan fingerprint density at radius 1 is 1.11 bits per heavy atom. The molecule has 2 aliphatic rings. The highest BCUT2D eigenvalue weighted by atomic mass is 32.2. The molecule has 3 rings (SSSR count). The van der Waals surface area contributed by atoms with Crippen LogP contribution in [0.2, 0.25) is 0 Å². The zero-order valence-corrected chi connectivity index (χ0v) is 17.3. The molecule has 1 aromatic carbocycles. The highest BCUT2D eigenvalue weighted by Crippen LogP contribution is 2.37. The smallest absolute Gasteiger partial charge is 0.497 e. The zero-order valence-electron chi connectivity index (χ0n) is 16.4. The molecule has 1 amide bonds. The standard InChI is InChI=1S/C18H26BNO6S/c1-17(2)18(3,4)26-19(25-17)14-12-13(6-7-15(14)24-5)16(21)20-8-10-27(22,23)11-9-20/h6-7,12H,8-11H2,1-5H3. The first-order valence-electron chi connectivity index (χ1n) is 8.99. The number of hydrogen-bond donors (Lipinski definition) is 0. The summed E-state index contributed by atoms with van der Waals surface area (Å²) in [5, 5.41) is 0. The summed E-state index contributed by atoms with van der Waals surface area (Å²) in [5.74, 6) is 0.370. The summed E-state index contributed by atoms with van der Waals surface area (Å²) in [4.78, 5) is 14.4. The summed E-state index contributed by atoms with van der Waals surface area (Å²) in [5.41, 5.74) is 0.0832. The normalized spacial score (nSPS) is 23.3. The van der Waals surface area contributed by atoms with Crippen molar-refractivity contribution in [3.63, 3.8) is 0 Å². The number of nitrogens with zero attached hydrogens (tertiary/aromatic N) is 1. The second kappa shape index (κ2) is 6.79. The van der Waals surface area contributed by atoms with E-state index in [9.17, 15) is 13.2 Å². The van der Waals surface area contributed by atoms with Gasteiger partial charge in [-0.05, 0) is 45.9 Å². The lowest BCUT2D eigenvalue weighted by molar-refractivity contribution is 0.00578. The third-order valence-corrected chi connectivity index (χ3v) is 7.22. The van der Waals surface area contributed by atoms with Gasteiger partial charge in [0.25, 0.3) is 5.91 Å². The van der Waals surface area contributed by atoms with E-state index in [1.165, 1.54) is 0 Å². The predicted molar refractivity (Wildman–Crippen MR) is 103 cm³/mol. The first-order chi connectivity index (χ1) is 12.5. The van der Waals surface area contributed by atoms with Crippen LogP contribution in [0.25, 0.3) is 0 Å². The van der Waals surface area contributed by atoms with E-state index in [-0.39, 0.29) is 30.5 Å². The molecule has 0 spiro atoms. The molecule has 0 bridgehead atoms. The summed E-state index contributed by atoms with van der Waals surface area (Å²) in [6.07, 6.45) is 0. The molecule has 2 saturated heterocycles. The van der Waals surface area contributed by atoms with Crippen LogP contribution >= 0.6 is 0 Å². The maximum atomic E-state index is 12.8. The molecule has 0 N–H and O–H groups in total. The number of ether oxygens (including phenoxy) is 1. The number of carbonyl (C=O) groups is 1. The number of hydrogen-bond acceptors (Lipinski definition) is 6. The summed E-state index contributed by atoms with van der Waals surface area (Å²) in [6, 6.07) is 5.11. The van der Waals surface area contributed by atoms with Gasteiger partial charge in [-0.2, -0.15) is 0 Å². The summed E-state index contributed by atoms with van der Waals surface area (Å²) < 4.78 is 40.8. The van der Waals surface area contributed by atoms with Crippen LogP contribution in [0.1, 0.15) is 38.1 Å². The number of benzene rings is 1. The Balaban J connectivity index is 1.87. The van der Waals surface area contributed by atoms with Crippen LogP contribution < -0.4 is 10.2 Å². The number of amides is 1. The van der Waals surface area contributed by atoms with Crippen molar-refractivity contribution < 1.29 is 27.3 Å². The van der Waals surface area contributed by atoms with Gasteiger partial charge in [0, 0.05) is 24.1 Å². The van der Waals surface area contributed by atoms with Gasteiger partial charge in [-0.3, -0.25) is 4.79 Å². The van der Waals surface area contributed by atoms with Crippen LogP contribution in [0.15, 0.2) is 18.2 Å². The Labute approximate surface area is 161 Å². The van der Waals surface area contributed by atoms with Gasteiger partial charge in [-0.1, -0.05) is 0 Å². The zero-order chi connectivity index (χ0) is 20.0. The predicted octanol–water partition coefficient (Wildman–Crippen LogP) is 0.865. The van der Waals surface area contributed by atoms with E-state index in [1.54, 1.807) is 30.2 Å². The maximum Gasteiger partial charge on any atom is 0.498 e. The fourth-order valence-corrected chi connectivity index (χ4v) is 4.32. The highest BCUT2D eigenvalue weighted by molar-refractivity contribution is 7.91. The molecule has 0 unspecified atom stereocenters. The summed E-state index contributed by atoms with van der Waals surface area (Å²) >= 11 is 0. The minimum absolute atomic E-state index is 0.00101. The molecule has 2 fully saturated rings. The topological polar surface area (TPSA) is 82.1 Å². The van der Waals surface area contributed by atoms with Gasteiger partial charge in [-0.15, -0.1) is 0 Å². The molecular formula is C18H26BNO6S. The molecule has 0 aliphatic carbocycles. The lowest BCUT2D eigenvalue weighted by Crippen LogP contribution is -2.44. The van der Waals surface area contributed by atoms with Crippen molar-refractivity contribution in [2.45, 2.75) is 38.9 Å². The quantitative estimate of drug-likeness (QED) is 0.707. The van der Waals surface area contributed by atoms with Gasteiger partial charge in [0.2, 0.25) is 0 Å². The maximum absolute atomic E-state index is 12.8. The first-order valence-corrected chi connectivity index (χ1v) is 10.8. The molecule has 27 heavy (non-hydrogen) atoms. The summed E-state index contributed by atoms with van der Waals surface area (Å²) in [6.45, 7) is 8.26. The van der Waals surface area contributed by atoms with Crippen molar-refractivity contribution in [2.24, 2.45) is 0 Å². The number of sulfone groups is 1. The minimum Gasteiger partial charge on any atom is -0.497 e.